The standard InChI is InChI=1S/C10H7F2N2.C5H8O2.Ir/c1-14-5-4-10(13-14)7-2-3-8(11)9(12)6-7;1-4(6)3-5(2)7;/h3-6H,1H3;3,6H,1-2H3;/q-1;;/b;4-3-;. The van der Waals surface area contributed by atoms with Gasteiger partial charge in [-0.2, -0.15) is 0 Å². The van der Waals surface area contributed by atoms with Crippen molar-refractivity contribution in [3.05, 3.63) is 53.9 Å². The molecule has 0 aliphatic rings. The number of aliphatic hydroxyl groups is 1. The molecule has 0 spiro atoms. The SMILES string of the molecule is CC(=O)/C=C(/C)O.Cn1ccc(-c2[c-]cc(F)c(F)c2)n1.[Ir]. The molecular formula is C15H15F2IrN2O2-. The number of halogens is 2. The van der Waals surface area contributed by atoms with Crippen LogP contribution in [0.2, 0.25) is 0 Å². The molecule has 1 heterocycles. The quantitative estimate of drug-likeness (QED) is 0.404. The fraction of sp³-hybridized carbons (Fsp3) is 0.200. The van der Waals surface area contributed by atoms with Crippen LogP contribution in [-0.2, 0) is 31.9 Å². The number of aliphatic hydroxyl groups excluding tert-OH is 1. The molecule has 7 heteroatoms. The summed E-state index contributed by atoms with van der Waals surface area (Å²) in [6, 6.07) is 6.38. The fourth-order valence-electron chi connectivity index (χ4n) is 1.45. The van der Waals surface area contributed by atoms with E-state index in [-0.39, 0.29) is 31.6 Å². The molecule has 1 radical (unpaired) electrons. The number of nitrogens with zero attached hydrogens (tertiary/aromatic N) is 2. The molecular weight excluding hydrogens is 470 g/mol. The molecule has 2 rings (SSSR count). The molecule has 1 aromatic carbocycles. The van der Waals surface area contributed by atoms with Gasteiger partial charge in [0.15, 0.2) is 5.78 Å². The maximum Gasteiger partial charge on any atom is 0.155 e. The summed E-state index contributed by atoms with van der Waals surface area (Å²) < 4.78 is 27.0. The van der Waals surface area contributed by atoms with Crippen LogP contribution >= 0.6 is 0 Å². The Morgan fingerprint density at radius 1 is 1.36 bits per heavy atom. The third-order valence-electron chi connectivity index (χ3n) is 2.26. The number of hydrogen-bond acceptors (Lipinski definition) is 3. The van der Waals surface area contributed by atoms with Crippen LogP contribution in [0.25, 0.3) is 11.3 Å². The molecule has 0 fully saturated rings. The molecule has 121 valence electrons. The predicted molar refractivity (Wildman–Crippen MR) is 74.5 cm³/mol. The van der Waals surface area contributed by atoms with Crippen molar-refractivity contribution in [2.24, 2.45) is 7.05 Å². The van der Waals surface area contributed by atoms with Crippen molar-refractivity contribution in [3.63, 3.8) is 0 Å². The predicted octanol–water partition coefficient (Wildman–Crippen LogP) is 3.20. The number of aromatic nitrogens is 2. The van der Waals surface area contributed by atoms with Crippen LogP contribution in [0.15, 0.2) is 36.2 Å². The molecule has 0 saturated carbocycles. The average Bonchev–Trinajstić information content (AvgIpc) is 2.78. The second-order valence-corrected chi connectivity index (χ2v) is 4.31. The van der Waals surface area contributed by atoms with Gasteiger partial charge in [-0.15, -0.1) is 23.8 Å². The van der Waals surface area contributed by atoms with Crippen LogP contribution in [0.4, 0.5) is 8.78 Å². The molecule has 1 N–H and O–H groups in total. The summed E-state index contributed by atoms with van der Waals surface area (Å²) in [5.41, 5.74) is 1.02. The second kappa shape index (κ2) is 9.22. The summed E-state index contributed by atoms with van der Waals surface area (Å²) in [6.07, 6.45) is 2.89. The zero-order chi connectivity index (χ0) is 16.0. The maximum atomic E-state index is 12.8. The summed E-state index contributed by atoms with van der Waals surface area (Å²) in [5.74, 6) is -1.85. The third-order valence-corrected chi connectivity index (χ3v) is 2.26. The first-order valence-electron chi connectivity index (χ1n) is 6.04. The van der Waals surface area contributed by atoms with Gasteiger partial charge in [0.25, 0.3) is 0 Å². The minimum Gasteiger partial charge on any atom is -0.512 e. The molecule has 0 unspecified atom stereocenters. The first-order valence-corrected chi connectivity index (χ1v) is 6.04. The van der Waals surface area contributed by atoms with Crippen molar-refractivity contribution in [3.8, 4) is 11.3 Å². The topological polar surface area (TPSA) is 55.1 Å². The molecule has 0 aliphatic heterocycles. The minimum atomic E-state index is -0.898. The van der Waals surface area contributed by atoms with Gasteiger partial charge in [0.05, 0.1) is 17.4 Å². The van der Waals surface area contributed by atoms with Gasteiger partial charge in [-0.05, 0) is 13.8 Å². The van der Waals surface area contributed by atoms with E-state index in [2.05, 4.69) is 11.2 Å². The summed E-state index contributed by atoms with van der Waals surface area (Å²) in [7, 11) is 1.75. The van der Waals surface area contributed by atoms with Gasteiger partial charge >= 0.3 is 0 Å². The Labute approximate surface area is 140 Å². The zero-order valence-corrected chi connectivity index (χ0v) is 14.6. The summed E-state index contributed by atoms with van der Waals surface area (Å²) in [5, 5.41) is 12.4. The van der Waals surface area contributed by atoms with Crippen molar-refractivity contribution in [1.29, 1.82) is 0 Å². The van der Waals surface area contributed by atoms with Gasteiger partial charge in [-0.3, -0.25) is 13.9 Å². The van der Waals surface area contributed by atoms with E-state index in [4.69, 9.17) is 5.11 Å². The Hall–Kier alpha value is -1.85. The molecule has 0 atom stereocenters. The molecule has 0 amide bonds. The van der Waals surface area contributed by atoms with E-state index in [0.29, 0.717) is 11.3 Å². The molecule has 0 aliphatic carbocycles. The van der Waals surface area contributed by atoms with E-state index in [9.17, 15) is 13.6 Å². The number of rotatable bonds is 2. The summed E-state index contributed by atoms with van der Waals surface area (Å²) in [6.45, 7) is 2.85. The van der Waals surface area contributed by atoms with E-state index in [0.717, 1.165) is 12.1 Å². The second-order valence-electron chi connectivity index (χ2n) is 4.31. The third kappa shape index (κ3) is 6.74. The van der Waals surface area contributed by atoms with Crippen molar-refractivity contribution in [2.75, 3.05) is 0 Å². The molecule has 1 aromatic heterocycles. The Morgan fingerprint density at radius 3 is 2.36 bits per heavy atom. The van der Waals surface area contributed by atoms with Gasteiger partial charge in [0.1, 0.15) is 0 Å². The van der Waals surface area contributed by atoms with Crippen molar-refractivity contribution in [2.45, 2.75) is 13.8 Å². The monoisotopic (exact) mass is 486 g/mol. The molecule has 0 saturated heterocycles. The number of ketones is 1. The number of hydrogen-bond donors (Lipinski definition) is 1. The number of allylic oxidation sites excluding steroid dienone is 2. The van der Waals surface area contributed by atoms with Gasteiger partial charge in [0, 0.05) is 45.1 Å². The Bertz CT molecular complexity index is 665. The zero-order valence-electron chi connectivity index (χ0n) is 12.2. The number of benzene rings is 1. The average molecular weight is 486 g/mol. The van der Waals surface area contributed by atoms with Crippen molar-refractivity contribution >= 4 is 5.78 Å². The van der Waals surface area contributed by atoms with Gasteiger partial charge in [-0.25, -0.2) is 9.49 Å². The Balaban J connectivity index is 0.000000478. The number of carbonyl (C=O) groups is 1. The molecule has 4 nitrogen and oxygen atoms in total. The van der Waals surface area contributed by atoms with E-state index in [1.807, 2.05) is 0 Å². The van der Waals surface area contributed by atoms with E-state index < -0.39 is 11.6 Å². The minimum absolute atomic E-state index is 0. The van der Waals surface area contributed by atoms with Crippen LogP contribution in [0, 0.1) is 17.7 Å². The van der Waals surface area contributed by atoms with Crippen molar-refractivity contribution < 1.29 is 38.8 Å². The smallest absolute Gasteiger partial charge is 0.155 e. The summed E-state index contributed by atoms with van der Waals surface area (Å²) >= 11 is 0. The molecule has 2 aromatic rings. The maximum absolute atomic E-state index is 12.8. The van der Waals surface area contributed by atoms with Gasteiger partial charge in [0.2, 0.25) is 0 Å². The van der Waals surface area contributed by atoms with Gasteiger partial charge in [-0.1, -0.05) is 6.07 Å². The van der Waals surface area contributed by atoms with E-state index in [1.165, 1.54) is 19.9 Å². The van der Waals surface area contributed by atoms with Crippen molar-refractivity contribution in [1.82, 2.24) is 9.78 Å². The molecule has 22 heavy (non-hydrogen) atoms. The number of aryl methyl sites for hydroxylation is 1. The normalized spacial score (nSPS) is 10.3. The fourth-order valence-corrected chi connectivity index (χ4v) is 1.45. The number of carbonyl (C=O) groups excluding carboxylic acids is 1. The Morgan fingerprint density at radius 2 is 2.00 bits per heavy atom. The van der Waals surface area contributed by atoms with E-state index >= 15 is 0 Å². The van der Waals surface area contributed by atoms with E-state index in [1.54, 1.807) is 24.0 Å². The van der Waals surface area contributed by atoms with Crippen LogP contribution in [0.3, 0.4) is 0 Å². The summed E-state index contributed by atoms with van der Waals surface area (Å²) in [4.78, 5) is 10.0. The van der Waals surface area contributed by atoms with Crippen LogP contribution in [-0.4, -0.2) is 20.7 Å². The Kier molecular flexibility index (Phi) is 8.45. The largest absolute Gasteiger partial charge is 0.512 e. The van der Waals surface area contributed by atoms with Crippen LogP contribution < -0.4 is 0 Å². The first-order chi connectivity index (χ1) is 9.79. The van der Waals surface area contributed by atoms with Crippen LogP contribution in [0.1, 0.15) is 13.8 Å². The molecule has 0 bridgehead atoms. The van der Waals surface area contributed by atoms with Gasteiger partial charge < -0.3 is 5.11 Å². The first kappa shape index (κ1) is 20.1. The van der Waals surface area contributed by atoms with Crippen LogP contribution in [0.5, 0.6) is 0 Å².